The molecule has 2 fully saturated rings. The molecule has 196 valence electrons. The van der Waals surface area contributed by atoms with E-state index in [0.717, 1.165) is 70.6 Å². The molecule has 0 bridgehead atoms. The summed E-state index contributed by atoms with van der Waals surface area (Å²) in [5.74, 6) is -0.165. The molecule has 37 heavy (non-hydrogen) atoms. The average Bonchev–Trinajstić information content (AvgIpc) is 2.94. The molecule has 0 unspecified atom stereocenters. The molecule has 1 aliphatic carbocycles. The molecular formula is C27H34N6O4. The van der Waals surface area contributed by atoms with Gasteiger partial charge in [-0.3, -0.25) is 19.3 Å². The van der Waals surface area contributed by atoms with E-state index in [-0.39, 0.29) is 11.6 Å². The molecule has 5 rings (SSSR count). The van der Waals surface area contributed by atoms with Crippen LogP contribution in [0.5, 0.6) is 0 Å². The highest BCUT2D eigenvalue weighted by Crippen LogP contribution is 2.30. The Bertz CT molecular complexity index is 1280. The highest BCUT2D eigenvalue weighted by molar-refractivity contribution is 5.96. The average molecular weight is 507 g/mol. The molecule has 1 aromatic carbocycles. The number of morpholine rings is 1. The van der Waals surface area contributed by atoms with Crippen LogP contribution in [0.15, 0.2) is 41.5 Å². The van der Waals surface area contributed by atoms with Gasteiger partial charge < -0.3 is 14.6 Å². The van der Waals surface area contributed by atoms with Gasteiger partial charge in [0, 0.05) is 43.8 Å². The number of hydrogen-bond donors (Lipinski definition) is 2. The third-order valence-electron chi connectivity index (χ3n) is 7.21. The Labute approximate surface area is 216 Å². The zero-order valence-electron chi connectivity index (χ0n) is 21.2. The first-order chi connectivity index (χ1) is 18.1. The quantitative estimate of drug-likeness (QED) is 0.448. The SMILES string of the molecule is CONC(=O)c1cn(C2CCCCC2)c2nc(Nc3ccc(CCN4CCOCC4)cc3)ncc2c1=O. The van der Waals surface area contributed by atoms with Crippen molar-refractivity contribution in [2.24, 2.45) is 0 Å². The lowest BCUT2D eigenvalue weighted by molar-refractivity contribution is 0.0384. The number of anilines is 2. The second-order valence-electron chi connectivity index (χ2n) is 9.66. The maximum atomic E-state index is 13.1. The molecule has 0 radical (unpaired) electrons. The predicted octanol–water partition coefficient (Wildman–Crippen LogP) is 3.21. The zero-order valence-corrected chi connectivity index (χ0v) is 21.2. The van der Waals surface area contributed by atoms with Gasteiger partial charge in [-0.05, 0) is 37.0 Å². The van der Waals surface area contributed by atoms with Crippen LogP contribution in [0.25, 0.3) is 11.0 Å². The van der Waals surface area contributed by atoms with Crippen molar-refractivity contribution in [3.05, 3.63) is 58.0 Å². The standard InChI is InChI=1S/C27H34N6O4/c1-36-31-26(35)23-18-33(21-5-3-2-4-6-21)25-22(24(23)34)17-28-27(30-25)29-20-9-7-19(8-10-20)11-12-32-13-15-37-16-14-32/h7-10,17-18,21H,2-6,11-16H2,1H3,(H,31,35)(H,28,29,30). The summed E-state index contributed by atoms with van der Waals surface area (Å²) in [6.45, 7) is 4.62. The highest BCUT2D eigenvalue weighted by atomic mass is 16.6. The van der Waals surface area contributed by atoms with Crippen LogP contribution in [-0.2, 0) is 16.0 Å². The first-order valence-corrected chi connectivity index (χ1v) is 13.0. The minimum absolute atomic E-state index is 0.0249. The van der Waals surface area contributed by atoms with Crippen molar-refractivity contribution in [2.45, 2.75) is 44.6 Å². The van der Waals surface area contributed by atoms with Gasteiger partial charge in [0.2, 0.25) is 11.4 Å². The van der Waals surface area contributed by atoms with Crippen LogP contribution in [0, 0.1) is 0 Å². The topological polar surface area (TPSA) is 111 Å². The molecule has 1 saturated heterocycles. The van der Waals surface area contributed by atoms with Gasteiger partial charge in [0.25, 0.3) is 5.91 Å². The lowest BCUT2D eigenvalue weighted by Crippen LogP contribution is -2.37. The van der Waals surface area contributed by atoms with Gasteiger partial charge in [0.05, 0.1) is 25.7 Å². The number of carbonyl (C=O) groups excluding carboxylic acids is 1. The van der Waals surface area contributed by atoms with Gasteiger partial charge in [-0.2, -0.15) is 4.98 Å². The molecule has 3 heterocycles. The van der Waals surface area contributed by atoms with E-state index in [2.05, 4.69) is 32.8 Å². The van der Waals surface area contributed by atoms with E-state index in [1.165, 1.54) is 25.3 Å². The van der Waals surface area contributed by atoms with Gasteiger partial charge in [-0.1, -0.05) is 31.4 Å². The Morgan fingerprint density at radius 2 is 1.89 bits per heavy atom. The fourth-order valence-electron chi connectivity index (χ4n) is 5.14. The second kappa shape index (κ2) is 11.8. The number of aromatic nitrogens is 3. The van der Waals surface area contributed by atoms with Gasteiger partial charge in [0.1, 0.15) is 11.2 Å². The molecule has 10 nitrogen and oxygen atoms in total. The Morgan fingerprint density at radius 1 is 1.14 bits per heavy atom. The first-order valence-electron chi connectivity index (χ1n) is 13.0. The van der Waals surface area contributed by atoms with E-state index >= 15 is 0 Å². The number of rotatable bonds is 8. The van der Waals surface area contributed by atoms with E-state index in [1.807, 2.05) is 16.7 Å². The van der Waals surface area contributed by atoms with Crippen LogP contribution in [0.4, 0.5) is 11.6 Å². The zero-order chi connectivity index (χ0) is 25.6. The van der Waals surface area contributed by atoms with Crippen molar-refractivity contribution in [3.63, 3.8) is 0 Å². The van der Waals surface area contributed by atoms with Crippen LogP contribution in [0.1, 0.15) is 54.1 Å². The molecule has 2 aromatic heterocycles. The van der Waals surface area contributed by atoms with E-state index < -0.39 is 11.3 Å². The maximum absolute atomic E-state index is 13.1. The number of hydrogen-bond acceptors (Lipinski definition) is 8. The number of hydroxylamine groups is 1. The molecular weight excluding hydrogens is 472 g/mol. The summed E-state index contributed by atoms with van der Waals surface area (Å²) in [5, 5.41) is 3.59. The molecule has 10 heteroatoms. The number of ether oxygens (including phenoxy) is 1. The fourth-order valence-corrected chi connectivity index (χ4v) is 5.14. The Balaban J connectivity index is 1.38. The predicted molar refractivity (Wildman–Crippen MR) is 141 cm³/mol. The van der Waals surface area contributed by atoms with Gasteiger partial charge in [-0.15, -0.1) is 0 Å². The van der Waals surface area contributed by atoms with Crippen LogP contribution in [-0.4, -0.2) is 65.3 Å². The largest absolute Gasteiger partial charge is 0.379 e. The smallest absolute Gasteiger partial charge is 0.280 e. The van der Waals surface area contributed by atoms with Gasteiger partial charge in [0.15, 0.2) is 0 Å². The van der Waals surface area contributed by atoms with Crippen molar-refractivity contribution < 1.29 is 14.4 Å². The number of nitrogens with one attached hydrogen (secondary N) is 2. The summed E-state index contributed by atoms with van der Waals surface area (Å²) in [6, 6.07) is 8.44. The number of amides is 1. The summed E-state index contributed by atoms with van der Waals surface area (Å²) in [6.07, 6.45) is 9.46. The number of carbonyl (C=O) groups is 1. The normalized spacial score (nSPS) is 17.1. The van der Waals surface area contributed by atoms with Crippen LogP contribution in [0.3, 0.4) is 0 Å². The third-order valence-corrected chi connectivity index (χ3v) is 7.21. The number of benzene rings is 1. The van der Waals surface area contributed by atoms with Crippen molar-refractivity contribution in [2.75, 3.05) is 45.3 Å². The Hall–Kier alpha value is -3.34. The molecule has 3 aromatic rings. The van der Waals surface area contributed by atoms with Gasteiger partial charge >= 0.3 is 0 Å². The Kier molecular flexibility index (Phi) is 8.08. The molecule has 1 amide bonds. The van der Waals surface area contributed by atoms with Crippen molar-refractivity contribution in [1.29, 1.82) is 0 Å². The minimum atomic E-state index is -0.574. The Morgan fingerprint density at radius 3 is 2.62 bits per heavy atom. The monoisotopic (exact) mass is 506 g/mol. The molecule has 2 N–H and O–H groups in total. The molecule has 0 spiro atoms. The lowest BCUT2D eigenvalue weighted by Gasteiger charge is -2.26. The first kappa shape index (κ1) is 25.3. The van der Waals surface area contributed by atoms with Crippen molar-refractivity contribution in [3.8, 4) is 0 Å². The molecule has 2 aliphatic rings. The van der Waals surface area contributed by atoms with Crippen LogP contribution >= 0.6 is 0 Å². The number of nitrogens with zero attached hydrogens (tertiary/aromatic N) is 4. The maximum Gasteiger partial charge on any atom is 0.280 e. The molecule has 1 saturated carbocycles. The summed E-state index contributed by atoms with van der Waals surface area (Å²) in [7, 11) is 1.34. The number of pyridine rings is 1. The van der Waals surface area contributed by atoms with Crippen molar-refractivity contribution >= 4 is 28.6 Å². The van der Waals surface area contributed by atoms with E-state index in [0.29, 0.717) is 17.0 Å². The van der Waals surface area contributed by atoms with Gasteiger partial charge in [-0.25, -0.2) is 10.5 Å². The van der Waals surface area contributed by atoms with E-state index in [1.54, 1.807) is 6.20 Å². The highest BCUT2D eigenvalue weighted by Gasteiger charge is 2.23. The van der Waals surface area contributed by atoms with E-state index in [4.69, 9.17) is 14.6 Å². The molecule has 1 aliphatic heterocycles. The summed E-state index contributed by atoms with van der Waals surface area (Å²) >= 11 is 0. The summed E-state index contributed by atoms with van der Waals surface area (Å²) in [4.78, 5) is 41.9. The third kappa shape index (κ3) is 5.98. The van der Waals surface area contributed by atoms with Crippen LogP contribution in [0.2, 0.25) is 0 Å². The van der Waals surface area contributed by atoms with Crippen molar-refractivity contribution in [1.82, 2.24) is 24.9 Å². The summed E-state index contributed by atoms with van der Waals surface area (Å²) in [5.41, 5.74) is 4.55. The molecule has 0 atom stereocenters. The second-order valence-corrected chi connectivity index (χ2v) is 9.66. The lowest BCUT2D eigenvalue weighted by atomic mass is 9.95. The fraction of sp³-hybridized carbons (Fsp3) is 0.481. The minimum Gasteiger partial charge on any atom is -0.379 e. The summed E-state index contributed by atoms with van der Waals surface area (Å²) < 4.78 is 7.40. The van der Waals surface area contributed by atoms with E-state index in [9.17, 15) is 9.59 Å². The number of fused-ring (bicyclic) bond motifs is 1. The van der Waals surface area contributed by atoms with Crippen LogP contribution < -0.4 is 16.2 Å².